The quantitative estimate of drug-likeness (QED) is 0.874. The van der Waals surface area contributed by atoms with Crippen LogP contribution >= 0.6 is 11.8 Å². The van der Waals surface area contributed by atoms with Crippen LogP contribution in [0.4, 0.5) is 0 Å². The number of rotatable bonds is 6. The highest BCUT2D eigenvalue weighted by Gasteiger charge is 2.30. The van der Waals surface area contributed by atoms with Crippen LogP contribution in [-0.4, -0.2) is 31.1 Å². The number of thioether (sulfide) groups is 1. The van der Waals surface area contributed by atoms with E-state index in [1.165, 1.54) is 5.56 Å². The summed E-state index contributed by atoms with van der Waals surface area (Å²) in [6.45, 7) is 5.17. The van der Waals surface area contributed by atoms with Gasteiger partial charge in [-0.25, -0.2) is 0 Å². The summed E-state index contributed by atoms with van der Waals surface area (Å²) in [7, 11) is 1.70. The van der Waals surface area contributed by atoms with Gasteiger partial charge in [0.2, 0.25) is 0 Å². The molecule has 20 heavy (non-hydrogen) atoms. The Bertz CT molecular complexity index is 427. The van der Waals surface area contributed by atoms with Crippen molar-refractivity contribution in [1.29, 1.82) is 0 Å². The van der Waals surface area contributed by atoms with Crippen LogP contribution in [0.25, 0.3) is 0 Å². The van der Waals surface area contributed by atoms with Gasteiger partial charge in [0.1, 0.15) is 5.75 Å². The highest BCUT2D eigenvalue weighted by Crippen LogP contribution is 2.41. The van der Waals surface area contributed by atoms with Crippen molar-refractivity contribution in [2.24, 2.45) is 5.73 Å². The number of ether oxygens (including phenoxy) is 2. The third-order valence-electron chi connectivity index (χ3n) is 3.91. The number of methoxy groups -OCH3 is 1. The molecule has 1 aliphatic heterocycles. The summed E-state index contributed by atoms with van der Waals surface area (Å²) in [6.07, 6.45) is 2.40. The molecule has 0 bridgehead atoms. The zero-order valence-corrected chi connectivity index (χ0v) is 13.4. The summed E-state index contributed by atoms with van der Waals surface area (Å²) in [5.41, 5.74) is 7.61. The first-order valence-electron chi connectivity index (χ1n) is 7.32. The van der Waals surface area contributed by atoms with Crippen molar-refractivity contribution < 1.29 is 9.47 Å². The van der Waals surface area contributed by atoms with E-state index in [9.17, 15) is 0 Å². The molecule has 112 valence electrons. The molecule has 1 saturated heterocycles. The van der Waals surface area contributed by atoms with E-state index in [2.05, 4.69) is 26.0 Å². The molecule has 2 N–H and O–H groups in total. The van der Waals surface area contributed by atoms with E-state index in [-0.39, 0.29) is 6.04 Å². The van der Waals surface area contributed by atoms with Gasteiger partial charge in [-0.1, -0.05) is 19.1 Å². The molecule has 1 fully saturated rings. The Morgan fingerprint density at radius 2 is 2.30 bits per heavy atom. The molecule has 0 saturated carbocycles. The molecule has 3 nitrogen and oxygen atoms in total. The molecule has 1 aromatic carbocycles. The maximum absolute atomic E-state index is 6.36. The van der Waals surface area contributed by atoms with Gasteiger partial charge in [0.15, 0.2) is 0 Å². The normalized spacial score (nSPS) is 25.4. The fraction of sp³-hybridized carbons (Fsp3) is 0.625. The van der Waals surface area contributed by atoms with Crippen LogP contribution in [0.2, 0.25) is 0 Å². The minimum absolute atomic E-state index is 0.153. The predicted molar refractivity (Wildman–Crippen MR) is 85.4 cm³/mol. The van der Waals surface area contributed by atoms with E-state index in [0.717, 1.165) is 25.2 Å². The van der Waals surface area contributed by atoms with Gasteiger partial charge >= 0.3 is 0 Å². The number of hydrogen-bond acceptors (Lipinski definition) is 4. The Morgan fingerprint density at radius 1 is 1.50 bits per heavy atom. The van der Waals surface area contributed by atoms with E-state index in [0.29, 0.717) is 16.6 Å². The highest BCUT2D eigenvalue weighted by atomic mass is 32.2. The van der Waals surface area contributed by atoms with Crippen molar-refractivity contribution in [2.45, 2.75) is 49.3 Å². The molecule has 4 unspecified atom stereocenters. The second kappa shape index (κ2) is 7.34. The molecule has 1 aromatic rings. The second-order valence-corrected chi connectivity index (χ2v) is 6.69. The summed E-state index contributed by atoms with van der Waals surface area (Å²) >= 11 is 1.96. The number of hydrogen-bond donors (Lipinski definition) is 1. The summed E-state index contributed by atoms with van der Waals surface area (Å²) in [5, 5.41) is 0.827. The van der Waals surface area contributed by atoms with Crippen LogP contribution in [-0.2, 0) is 4.74 Å². The lowest BCUT2D eigenvalue weighted by Gasteiger charge is -2.27. The van der Waals surface area contributed by atoms with Crippen molar-refractivity contribution in [1.82, 2.24) is 0 Å². The molecule has 1 aliphatic rings. The molecular weight excluding hydrogens is 270 g/mol. The first-order valence-corrected chi connectivity index (χ1v) is 8.26. The molecule has 4 heteroatoms. The Balaban J connectivity index is 2.17. The zero-order chi connectivity index (χ0) is 14.5. The van der Waals surface area contributed by atoms with Gasteiger partial charge in [0.05, 0.1) is 13.2 Å². The van der Waals surface area contributed by atoms with Gasteiger partial charge in [-0.2, -0.15) is 0 Å². The molecule has 1 heterocycles. The van der Waals surface area contributed by atoms with Crippen molar-refractivity contribution in [3.05, 3.63) is 29.8 Å². The number of benzene rings is 1. The van der Waals surface area contributed by atoms with Crippen molar-refractivity contribution in [2.75, 3.05) is 13.7 Å². The minimum atomic E-state index is 0.153. The van der Waals surface area contributed by atoms with Gasteiger partial charge in [-0.15, -0.1) is 11.8 Å². The third kappa shape index (κ3) is 3.68. The highest BCUT2D eigenvalue weighted by molar-refractivity contribution is 8.00. The molecule has 0 amide bonds. The monoisotopic (exact) mass is 295 g/mol. The average Bonchev–Trinajstić information content (AvgIpc) is 2.89. The van der Waals surface area contributed by atoms with Crippen LogP contribution in [0.15, 0.2) is 24.3 Å². The van der Waals surface area contributed by atoms with E-state index < -0.39 is 0 Å². The maximum Gasteiger partial charge on any atom is 0.119 e. The first kappa shape index (κ1) is 15.7. The topological polar surface area (TPSA) is 44.5 Å². The SMILES string of the molecule is CCC(N)C(SC1CCOC1C)c1cccc(OC)c1. The molecule has 4 atom stereocenters. The molecule has 0 aliphatic carbocycles. The maximum atomic E-state index is 6.36. The van der Waals surface area contributed by atoms with Gasteiger partial charge in [0, 0.05) is 23.1 Å². The van der Waals surface area contributed by atoms with Crippen molar-refractivity contribution in [3.63, 3.8) is 0 Å². The second-order valence-electron chi connectivity index (χ2n) is 5.31. The van der Waals surface area contributed by atoms with E-state index >= 15 is 0 Å². The van der Waals surface area contributed by atoms with Crippen LogP contribution in [0.1, 0.15) is 37.5 Å². The van der Waals surface area contributed by atoms with Crippen molar-refractivity contribution >= 4 is 11.8 Å². The number of nitrogens with two attached hydrogens (primary N) is 1. The smallest absolute Gasteiger partial charge is 0.119 e. The van der Waals surface area contributed by atoms with E-state index in [1.807, 2.05) is 23.9 Å². The van der Waals surface area contributed by atoms with E-state index in [1.54, 1.807) is 7.11 Å². The summed E-state index contributed by atoms with van der Waals surface area (Å²) in [5.74, 6) is 0.895. The Hall–Kier alpha value is -0.710. The minimum Gasteiger partial charge on any atom is -0.497 e. The fourth-order valence-electron chi connectivity index (χ4n) is 2.54. The summed E-state index contributed by atoms with van der Waals surface area (Å²) < 4.78 is 11.0. The van der Waals surface area contributed by atoms with Crippen LogP contribution < -0.4 is 10.5 Å². The Kier molecular flexibility index (Phi) is 5.75. The summed E-state index contributed by atoms with van der Waals surface area (Å²) in [4.78, 5) is 0. The molecule has 0 radical (unpaired) electrons. The summed E-state index contributed by atoms with van der Waals surface area (Å²) in [6, 6.07) is 8.42. The lowest BCUT2D eigenvalue weighted by Crippen LogP contribution is -2.28. The lowest BCUT2D eigenvalue weighted by molar-refractivity contribution is 0.127. The fourth-order valence-corrected chi connectivity index (χ4v) is 4.15. The van der Waals surface area contributed by atoms with E-state index in [4.69, 9.17) is 15.2 Å². The van der Waals surface area contributed by atoms with Gasteiger partial charge in [0.25, 0.3) is 0 Å². The molecule has 0 aromatic heterocycles. The first-order chi connectivity index (χ1) is 9.65. The molecule has 2 rings (SSSR count). The van der Waals surface area contributed by atoms with Gasteiger partial charge in [-0.3, -0.25) is 0 Å². The molecular formula is C16H25NO2S. The third-order valence-corrected chi connectivity index (χ3v) is 5.79. The lowest BCUT2D eigenvalue weighted by atomic mass is 10.0. The Labute approximate surface area is 126 Å². The predicted octanol–water partition coefficient (Wildman–Crippen LogP) is 3.38. The van der Waals surface area contributed by atoms with Gasteiger partial charge < -0.3 is 15.2 Å². The van der Waals surface area contributed by atoms with Crippen LogP contribution in [0, 0.1) is 0 Å². The standard InChI is InChI=1S/C16H25NO2S/c1-4-14(17)16(20-15-8-9-19-11(15)2)12-6-5-7-13(10-12)18-3/h5-7,10-11,14-16H,4,8-9,17H2,1-3H3. The van der Waals surface area contributed by atoms with Crippen molar-refractivity contribution in [3.8, 4) is 5.75 Å². The largest absolute Gasteiger partial charge is 0.497 e. The Morgan fingerprint density at radius 3 is 2.90 bits per heavy atom. The molecule has 0 spiro atoms. The van der Waals surface area contributed by atoms with Gasteiger partial charge in [-0.05, 0) is 37.5 Å². The van der Waals surface area contributed by atoms with Crippen LogP contribution in [0.5, 0.6) is 5.75 Å². The average molecular weight is 295 g/mol. The van der Waals surface area contributed by atoms with Crippen LogP contribution in [0.3, 0.4) is 0 Å². The zero-order valence-electron chi connectivity index (χ0n) is 12.5.